The summed E-state index contributed by atoms with van der Waals surface area (Å²) in [6.07, 6.45) is 1.63. The predicted molar refractivity (Wildman–Crippen MR) is 65.9 cm³/mol. The molecule has 7 nitrogen and oxygen atoms in total. The molecule has 0 saturated heterocycles. The van der Waals surface area contributed by atoms with Crippen molar-refractivity contribution in [1.29, 1.82) is 0 Å². The van der Waals surface area contributed by atoms with Crippen LogP contribution in [0.1, 0.15) is 6.92 Å². The second kappa shape index (κ2) is 3.95. The van der Waals surface area contributed by atoms with E-state index in [4.69, 9.17) is 17.3 Å². The summed E-state index contributed by atoms with van der Waals surface area (Å²) in [4.78, 5) is 8.41. The molecule has 3 aromatic heterocycles. The highest BCUT2D eigenvalue weighted by atomic mass is 35.5. The zero-order valence-electron chi connectivity index (χ0n) is 9.46. The van der Waals surface area contributed by atoms with Crippen molar-refractivity contribution in [3.05, 3.63) is 17.4 Å². The molecule has 0 aliphatic carbocycles. The summed E-state index contributed by atoms with van der Waals surface area (Å²) in [5, 5.41) is 7.66. The number of rotatable bonds is 2. The van der Waals surface area contributed by atoms with E-state index in [-0.39, 0.29) is 5.82 Å². The molecule has 0 aromatic carbocycles. The minimum Gasteiger partial charge on any atom is -0.379 e. The maximum absolute atomic E-state index is 6.02. The van der Waals surface area contributed by atoms with Crippen LogP contribution in [0.3, 0.4) is 0 Å². The molecule has 0 bridgehead atoms. The second-order valence-electron chi connectivity index (χ2n) is 3.65. The van der Waals surface area contributed by atoms with Crippen LogP contribution in [-0.4, -0.2) is 24.8 Å². The molecule has 18 heavy (non-hydrogen) atoms. The third kappa shape index (κ3) is 1.44. The highest BCUT2D eigenvalue weighted by Crippen LogP contribution is 2.28. The van der Waals surface area contributed by atoms with E-state index in [9.17, 15) is 0 Å². The van der Waals surface area contributed by atoms with Gasteiger partial charge in [0.1, 0.15) is 5.52 Å². The Morgan fingerprint density at radius 1 is 1.44 bits per heavy atom. The lowest BCUT2D eigenvalue weighted by Crippen LogP contribution is -1.99. The van der Waals surface area contributed by atoms with Gasteiger partial charge in [-0.1, -0.05) is 11.6 Å². The molecule has 2 N–H and O–H groups in total. The van der Waals surface area contributed by atoms with Gasteiger partial charge in [0.05, 0.1) is 5.52 Å². The zero-order chi connectivity index (χ0) is 12.7. The van der Waals surface area contributed by atoms with Crippen molar-refractivity contribution in [2.24, 2.45) is 0 Å². The summed E-state index contributed by atoms with van der Waals surface area (Å²) >= 11 is 6.02. The summed E-state index contributed by atoms with van der Waals surface area (Å²) in [6, 6.07) is 1.84. The van der Waals surface area contributed by atoms with Gasteiger partial charge in [-0.25, -0.2) is 14.6 Å². The number of fused-ring (bicyclic) bond motifs is 1. The molecular weight excluding hydrogens is 256 g/mol. The molecule has 0 atom stereocenters. The molecule has 0 radical (unpaired) electrons. The summed E-state index contributed by atoms with van der Waals surface area (Å²) in [7, 11) is 0. The van der Waals surface area contributed by atoms with Crippen molar-refractivity contribution in [2.75, 3.05) is 5.73 Å². The van der Waals surface area contributed by atoms with Crippen LogP contribution in [0.2, 0.25) is 5.15 Å². The van der Waals surface area contributed by atoms with Crippen LogP contribution in [0.5, 0.6) is 0 Å². The highest BCUT2D eigenvalue weighted by molar-refractivity contribution is 6.33. The van der Waals surface area contributed by atoms with Crippen molar-refractivity contribution in [3.8, 4) is 11.5 Å². The maximum atomic E-state index is 6.02. The number of hydrogen-bond donors (Lipinski definition) is 1. The fourth-order valence-corrected chi connectivity index (χ4v) is 2.07. The Balaban J connectivity index is 2.36. The van der Waals surface area contributed by atoms with Crippen molar-refractivity contribution >= 4 is 28.5 Å². The Kier molecular flexibility index (Phi) is 2.41. The number of aromatic nitrogens is 5. The van der Waals surface area contributed by atoms with Crippen LogP contribution in [0.25, 0.3) is 22.6 Å². The minimum atomic E-state index is 0.198. The van der Waals surface area contributed by atoms with Crippen molar-refractivity contribution in [1.82, 2.24) is 24.8 Å². The molecular formula is C10H9ClN6O. The maximum Gasteiger partial charge on any atom is 0.199 e. The van der Waals surface area contributed by atoms with Crippen LogP contribution in [0.4, 0.5) is 5.82 Å². The van der Waals surface area contributed by atoms with E-state index < -0.39 is 0 Å². The van der Waals surface area contributed by atoms with Gasteiger partial charge in [0, 0.05) is 12.7 Å². The Morgan fingerprint density at radius 2 is 2.28 bits per heavy atom. The van der Waals surface area contributed by atoms with Gasteiger partial charge < -0.3 is 10.3 Å². The first kappa shape index (κ1) is 11.0. The molecule has 0 unspecified atom stereocenters. The van der Waals surface area contributed by atoms with E-state index in [0.717, 1.165) is 5.52 Å². The lowest BCUT2D eigenvalue weighted by atomic mass is 10.4. The normalized spacial score (nSPS) is 11.2. The lowest BCUT2D eigenvalue weighted by Gasteiger charge is -2.02. The average molecular weight is 265 g/mol. The van der Waals surface area contributed by atoms with Crippen LogP contribution in [0.15, 0.2) is 16.9 Å². The van der Waals surface area contributed by atoms with E-state index >= 15 is 0 Å². The smallest absolute Gasteiger partial charge is 0.199 e. The Labute approximate surface area is 107 Å². The van der Waals surface area contributed by atoms with Gasteiger partial charge in [0.2, 0.25) is 0 Å². The molecule has 3 heterocycles. The van der Waals surface area contributed by atoms with Crippen molar-refractivity contribution < 1.29 is 4.63 Å². The second-order valence-corrected chi connectivity index (χ2v) is 4.01. The van der Waals surface area contributed by atoms with Crippen LogP contribution >= 0.6 is 11.6 Å². The third-order valence-corrected chi connectivity index (χ3v) is 2.94. The minimum absolute atomic E-state index is 0.198. The van der Waals surface area contributed by atoms with Gasteiger partial charge in [0.15, 0.2) is 22.5 Å². The Bertz CT molecular complexity index is 718. The first-order valence-corrected chi connectivity index (χ1v) is 5.69. The molecule has 0 spiro atoms. The van der Waals surface area contributed by atoms with E-state index in [1.807, 2.05) is 17.6 Å². The number of halogens is 1. The number of nitrogen functional groups attached to an aromatic ring is 1. The van der Waals surface area contributed by atoms with Crippen LogP contribution in [-0.2, 0) is 6.54 Å². The fourth-order valence-electron chi connectivity index (χ4n) is 1.87. The molecule has 0 amide bonds. The number of pyridine rings is 1. The number of nitrogens with zero attached hydrogens (tertiary/aromatic N) is 5. The first-order valence-electron chi connectivity index (χ1n) is 5.31. The number of aryl methyl sites for hydroxylation is 1. The monoisotopic (exact) mass is 264 g/mol. The molecule has 92 valence electrons. The average Bonchev–Trinajstić information content (AvgIpc) is 2.92. The summed E-state index contributed by atoms with van der Waals surface area (Å²) in [5.41, 5.74) is 7.57. The predicted octanol–water partition coefficient (Wildman–Crippen LogP) is 1.74. The molecule has 3 rings (SSSR count). The zero-order valence-corrected chi connectivity index (χ0v) is 10.2. The molecule has 0 aliphatic rings. The fraction of sp³-hybridized carbons (Fsp3) is 0.200. The van der Waals surface area contributed by atoms with Gasteiger partial charge in [-0.3, -0.25) is 0 Å². The molecule has 3 aromatic rings. The molecule has 0 aliphatic heterocycles. The van der Waals surface area contributed by atoms with Gasteiger partial charge in [-0.05, 0) is 23.3 Å². The Hall–Kier alpha value is -2.15. The topological polar surface area (TPSA) is 95.7 Å². The number of anilines is 1. The molecule has 0 saturated carbocycles. The summed E-state index contributed by atoms with van der Waals surface area (Å²) < 4.78 is 6.53. The van der Waals surface area contributed by atoms with E-state index in [0.29, 0.717) is 28.7 Å². The Morgan fingerprint density at radius 3 is 2.94 bits per heavy atom. The van der Waals surface area contributed by atoms with Crippen LogP contribution < -0.4 is 5.73 Å². The SMILES string of the molecule is CCn1c(-c2nonc2N)nc2c(Cl)nccc21. The summed E-state index contributed by atoms with van der Waals surface area (Å²) in [6.45, 7) is 2.68. The van der Waals surface area contributed by atoms with Gasteiger partial charge in [0.25, 0.3) is 0 Å². The standard InChI is InChI=1S/C10H9ClN6O/c1-2-17-5-3-4-13-8(11)6(5)14-10(17)7-9(12)16-18-15-7/h3-4H,2H2,1H3,(H2,12,16). The van der Waals surface area contributed by atoms with E-state index in [1.54, 1.807) is 6.20 Å². The van der Waals surface area contributed by atoms with Gasteiger partial charge in [-0.15, -0.1) is 0 Å². The lowest BCUT2D eigenvalue weighted by molar-refractivity contribution is 0.310. The number of hydrogen-bond acceptors (Lipinski definition) is 6. The molecule has 8 heteroatoms. The number of imidazole rings is 1. The summed E-state index contributed by atoms with van der Waals surface area (Å²) in [5.74, 6) is 0.769. The van der Waals surface area contributed by atoms with E-state index in [2.05, 4.69) is 24.9 Å². The van der Waals surface area contributed by atoms with Gasteiger partial charge in [-0.2, -0.15) is 0 Å². The van der Waals surface area contributed by atoms with Crippen LogP contribution in [0, 0.1) is 0 Å². The largest absolute Gasteiger partial charge is 0.379 e. The highest BCUT2D eigenvalue weighted by Gasteiger charge is 2.19. The first-order chi connectivity index (χ1) is 8.72. The van der Waals surface area contributed by atoms with Crippen molar-refractivity contribution in [2.45, 2.75) is 13.5 Å². The van der Waals surface area contributed by atoms with Gasteiger partial charge >= 0.3 is 0 Å². The molecule has 0 fully saturated rings. The van der Waals surface area contributed by atoms with Crippen molar-refractivity contribution in [3.63, 3.8) is 0 Å². The number of nitrogens with two attached hydrogens (primary N) is 1. The quantitative estimate of drug-likeness (QED) is 0.708. The van der Waals surface area contributed by atoms with E-state index in [1.165, 1.54) is 0 Å². The third-order valence-electron chi connectivity index (χ3n) is 2.66.